The van der Waals surface area contributed by atoms with Gasteiger partial charge in [-0.3, -0.25) is 4.79 Å². The van der Waals surface area contributed by atoms with E-state index in [2.05, 4.69) is 73.2 Å². The first-order chi connectivity index (χ1) is 19.6. The number of carbonyl (C=O) groups excluding carboxylic acids is 1. The normalized spacial score (nSPS) is 11.2. The Bertz CT molecular complexity index is 1820. The number of halogens is 1. The van der Waals surface area contributed by atoms with Gasteiger partial charge < -0.3 is 16.0 Å². The van der Waals surface area contributed by atoms with Crippen LogP contribution in [0.1, 0.15) is 29.2 Å². The van der Waals surface area contributed by atoms with Crippen LogP contribution in [0.5, 0.6) is 0 Å². The van der Waals surface area contributed by atoms with Crippen molar-refractivity contribution in [2.24, 2.45) is 10.2 Å². The van der Waals surface area contributed by atoms with E-state index in [0.29, 0.717) is 17.1 Å². The fourth-order valence-corrected chi connectivity index (χ4v) is 4.54. The third kappa shape index (κ3) is 6.67. The van der Waals surface area contributed by atoms with Crippen LogP contribution in [-0.4, -0.2) is 20.9 Å². The number of amides is 1. The van der Waals surface area contributed by atoms with Crippen molar-refractivity contribution in [1.29, 1.82) is 0 Å². The molecule has 0 saturated carbocycles. The maximum absolute atomic E-state index is 14.2. The molecule has 4 aromatic carbocycles. The van der Waals surface area contributed by atoms with Gasteiger partial charge in [0.2, 0.25) is 17.8 Å². The molecule has 5 aromatic rings. The number of nitrogens with zero attached hydrogens (tertiary/aromatic N) is 5. The molecule has 0 aliphatic carbocycles. The molecule has 5 rings (SSSR count). The van der Waals surface area contributed by atoms with Crippen molar-refractivity contribution in [3.63, 3.8) is 0 Å². The molecule has 1 aromatic heterocycles. The summed E-state index contributed by atoms with van der Waals surface area (Å²) in [7, 11) is 0. The first kappa shape index (κ1) is 27.3. The molecular weight excluding hydrogens is 519 g/mol. The van der Waals surface area contributed by atoms with Crippen LogP contribution in [-0.2, 0) is 4.79 Å². The van der Waals surface area contributed by atoms with E-state index in [9.17, 15) is 9.18 Å². The van der Waals surface area contributed by atoms with E-state index in [0.717, 1.165) is 38.8 Å². The quantitative estimate of drug-likeness (QED) is 0.176. The summed E-state index contributed by atoms with van der Waals surface area (Å²) in [5, 5.41) is 20.0. The number of carbonyl (C=O) groups is 1. The number of fused-ring (bicyclic) bond motifs is 1. The Morgan fingerprint density at radius 1 is 0.732 bits per heavy atom. The Kier molecular flexibility index (Phi) is 7.64. The van der Waals surface area contributed by atoms with Gasteiger partial charge >= 0.3 is 6.08 Å². The molecular formula is C31H29FN8O. The van der Waals surface area contributed by atoms with Crippen molar-refractivity contribution in [3.05, 3.63) is 95.1 Å². The fraction of sp³-hybridized carbons (Fsp3) is 0.161. The lowest BCUT2D eigenvalue weighted by atomic mass is 9.99. The minimum atomic E-state index is -0.943. The average molecular weight is 549 g/mol. The number of rotatable bonds is 7. The fourth-order valence-electron chi connectivity index (χ4n) is 4.54. The third-order valence-electron chi connectivity index (χ3n) is 6.33. The highest BCUT2D eigenvalue weighted by atomic mass is 19.1. The minimum absolute atomic E-state index is 0.00630. The highest BCUT2D eigenvalue weighted by Crippen LogP contribution is 2.34. The monoisotopic (exact) mass is 548 g/mol. The van der Waals surface area contributed by atoms with Crippen LogP contribution in [0.25, 0.3) is 10.8 Å². The Labute approximate surface area is 237 Å². The van der Waals surface area contributed by atoms with Crippen LogP contribution in [0.3, 0.4) is 0 Å². The van der Waals surface area contributed by atoms with Gasteiger partial charge in [0.15, 0.2) is 0 Å². The van der Waals surface area contributed by atoms with E-state index in [1.54, 1.807) is 18.2 Å². The lowest BCUT2D eigenvalue weighted by Crippen LogP contribution is -2.08. The van der Waals surface area contributed by atoms with Crippen molar-refractivity contribution >= 4 is 57.0 Å². The first-order valence-electron chi connectivity index (χ1n) is 13.0. The number of anilines is 5. The lowest BCUT2D eigenvalue weighted by molar-refractivity contribution is -0.114. The largest absolute Gasteiger partial charge is 0.324 e. The number of azo groups is 1. The average Bonchev–Trinajstić information content (AvgIpc) is 2.88. The summed E-state index contributed by atoms with van der Waals surface area (Å²) in [5.74, 6) is -0.232. The molecule has 1 heterocycles. The Morgan fingerprint density at radius 3 is 2.15 bits per heavy atom. The Hall–Kier alpha value is -5.25. The van der Waals surface area contributed by atoms with Crippen molar-refractivity contribution in [2.75, 3.05) is 16.0 Å². The molecule has 10 heteroatoms. The predicted molar refractivity (Wildman–Crippen MR) is 161 cm³/mol. The van der Waals surface area contributed by atoms with Crippen LogP contribution >= 0.6 is 0 Å². The predicted octanol–water partition coefficient (Wildman–Crippen LogP) is 8.26. The maximum Gasteiger partial charge on any atom is 0.315 e. The lowest BCUT2D eigenvalue weighted by Gasteiger charge is -2.11. The van der Waals surface area contributed by atoms with E-state index in [1.807, 2.05) is 44.2 Å². The molecule has 0 saturated heterocycles. The summed E-state index contributed by atoms with van der Waals surface area (Å²) in [6.45, 7) is 9.50. The molecule has 41 heavy (non-hydrogen) atoms. The van der Waals surface area contributed by atoms with E-state index in [-0.39, 0.29) is 17.8 Å². The third-order valence-corrected chi connectivity index (χ3v) is 6.33. The smallest absolute Gasteiger partial charge is 0.315 e. The van der Waals surface area contributed by atoms with Gasteiger partial charge in [-0.05, 0) is 97.6 Å². The number of hydrogen-bond acceptors (Lipinski definition) is 8. The Balaban J connectivity index is 1.42. The van der Waals surface area contributed by atoms with Gasteiger partial charge in [0.25, 0.3) is 0 Å². The maximum atomic E-state index is 14.2. The zero-order valence-corrected chi connectivity index (χ0v) is 23.4. The topological polar surface area (TPSA) is 117 Å². The number of aromatic nitrogens is 3. The molecule has 1 amide bonds. The minimum Gasteiger partial charge on any atom is -0.324 e. The van der Waals surface area contributed by atoms with Crippen LogP contribution in [0.4, 0.5) is 44.7 Å². The number of benzene rings is 4. The highest BCUT2D eigenvalue weighted by Gasteiger charge is 2.11. The zero-order chi connectivity index (χ0) is 29.1. The van der Waals surface area contributed by atoms with Gasteiger partial charge in [0.05, 0.1) is 11.4 Å². The van der Waals surface area contributed by atoms with Gasteiger partial charge in [-0.2, -0.15) is 24.5 Å². The molecule has 0 spiro atoms. The van der Waals surface area contributed by atoms with Gasteiger partial charge in [0.1, 0.15) is 5.69 Å². The second kappa shape index (κ2) is 11.5. The van der Waals surface area contributed by atoms with Gasteiger partial charge in [0, 0.05) is 18.3 Å². The van der Waals surface area contributed by atoms with Crippen molar-refractivity contribution in [3.8, 4) is 0 Å². The van der Waals surface area contributed by atoms with Crippen LogP contribution in [0.15, 0.2) is 77.0 Å². The molecule has 0 unspecified atom stereocenters. The summed E-state index contributed by atoms with van der Waals surface area (Å²) in [5.41, 5.74) is 7.22. The van der Waals surface area contributed by atoms with Crippen molar-refractivity contribution < 1.29 is 9.18 Å². The number of aryl methyl sites for hydroxylation is 4. The molecule has 0 atom stereocenters. The van der Waals surface area contributed by atoms with Crippen molar-refractivity contribution in [2.45, 2.75) is 34.6 Å². The summed E-state index contributed by atoms with van der Waals surface area (Å²) in [6, 6.07) is 21.0. The molecule has 0 radical (unpaired) electrons. The molecule has 0 aliphatic rings. The second-order valence-electron chi connectivity index (χ2n) is 9.93. The summed E-state index contributed by atoms with van der Waals surface area (Å²) >= 11 is 0. The second-order valence-corrected chi connectivity index (χ2v) is 9.93. The van der Waals surface area contributed by atoms with Gasteiger partial charge in [-0.1, -0.05) is 29.8 Å². The number of nitrogens with one attached hydrogen (secondary N) is 3. The molecule has 0 fully saturated rings. The number of hydrogen-bond donors (Lipinski definition) is 3. The highest BCUT2D eigenvalue weighted by molar-refractivity contribution is 5.93. The SMILES string of the molecule is CC(=O)Nc1cc(Nc2nc(F)nc(Nc3cccc(C)c3)n2)ccc1N=Nc1cc2c(C)cc(C)cc2cc1C. The van der Waals surface area contributed by atoms with E-state index in [4.69, 9.17) is 0 Å². The van der Waals surface area contributed by atoms with E-state index >= 15 is 0 Å². The van der Waals surface area contributed by atoms with Gasteiger partial charge in [-0.15, -0.1) is 5.11 Å². The summed E-state index contributed by atoms with van der Waals surface area (Å²) in [4.78, 5) is 23.7. The summed E-state index contributed by atoms with van der Waals surface area (Å²) in [6.07, 6.45) is -0.943. The zero-order valence-electron chi connectivity index (χ0n) is 23.4. The van der Waals surface area contributed by atoms with Gasteiger partial charge in [-0.25, -0.2) is 0 Å². The molecule has 3 N–H and O–H groups in total. The molecule has 9 nitrogen and oxygen atoms in total. The first-order valence-corrected chi connectivity index (χ1v) is 13.0. The van der Waals surface area contributed by atoms with E-state index < -0.39 is 6.08 Å². The van der Waals surface area contributed by atoms with Crippen LogP contribution in [0, 0.1) is 33.8 Å². The van der Waals surface area contributed by atoms with Crippen LogP contribution in [0.2, 0.25) is 0 Å². The van der Waals surface area contributed by atoms with Crippen molar-refractivity contribution in [1.82, 2.24) is 15.0 Å². The molecule has 0 aliphatic heterocycles. The summed E-state index contributed by atoms with van der Waals surface area (Å²) < 4.78 is 14.2. The molecule has 0 bridgehead atoms. The molecule has 206 valence electrons. The van der Waals surface area contributed by atoms with E-state index in [1.165, 1.54) is 12.5 Å². The van der Waals surface area contributed by atoms with Crippen LogP contribution < -0.4 is 16.0 Å². The standard InChI is InChI=1S/C31H29FN8O/c1-17-7-6-8-23(13-17)34-30-36-29(32)37-31(38-30)35-24-9-10-26(28(15-24)33-21(5)41)39-40-27-16-25-19(3)11-18(2)12-22(25)14-20(27)4/h6-16H,1-5H3,(H,33,41)(H2,34,35,36,37,38). The Morgan fingerprint density at radius 2 is 1.44 bits per heavy atom.